The van der Waals surface area contributed by atoms with Crippen molar-refractivity contribution in [2.75, 3.05) is 24.1 Å². The summed E-state index contributed by atoms with van der Waals surface area (Å²) in [5, 5.41) is 27.5. The monoisotopic (exact) mass is 462 g/mol. The first-order valence-corrected chi connectivity index (χ1v) is 10.1. The smallest absolute Gasteiger partial charge is 0.255 e. The summed E-state index contributed by atoms with van der Waals surface area (Å²) in [6.45, 7) is -1.00. The van der Waals surface area contributed by atoms with E-state index in [0.29, 0.717) is 22.5 Å². The van der Waals surface area contributed by atoms with E-state index >= 15 is 0 Å². The van der Waals surface area contributed by atoms with Gasteiger partial charge in [0.2, 0.25) is 0 Å². The Bertz CT molecular complexity index is 1120. The minimum absolute atomic E-state index is 0.275. The van der Waals surface area contributed by atoms with E-state index in [9.17, 15) is 19.2 Å². The Morgan fingerprint density at radius 3 is 1.26 bits per heavy atom. The predicted octanol–water partition coefficient (Wildman–Crippen LogP) is 1.55. The highest BCUT2D eigenvalue weighted by Crippen LogP contribution is 2.15. The maximum Gasteiger partial charge on any atom is 0.255 e. The third kappa shape index (κ3) is 6.25. The molecule has 0 saturated heterocycles. The van der Waals surface area contributed by atoms with Crippen LogP contribution in [0.3, 0.4) is 0 Å². The molecular weight excluding hydrogens is 440 g/mol. The molecule has 0 aliphatic heterocycles. The van der Waals surface area contributed by atoms with Crippen LogP contribution in [0.2, 0.25) is 0 Å². The molecule has 10 heteroatoms. The van der Waals surface area contributed by atoms with Gasteiger partial charge in [-0.2, -0.15) is 0 Å². The van der Waals surface area contributed by atoms with Crippen LogP contribution in [-0.4, -0.2) is 47.3 Å². The largest absolute Gasteiger partial charge is 0.376 e. The van der Waals surface area contributed by atoms with Crippen LogP contribution < -0.4 is 21.3 Å². The lowest BCUT2D eigenvalue weighted by molar-refractivity contribution is 0.0900. The van der Waals surface area contributed by atoms with Gasteiger partial charge in [-0.05, 0) is 60.7 Å². The van der Waals surface area contributed by atoms with Gasteiger partial charge >= 0.3 is 0 Å². The summed E-state index contributed by atoms with van der Waals surface area (Å²) in [4.78, 5) is 48.7. The number of hydrogen-bond acceptors (Lipinski definition) is 6. The first kappa shape index (κ1) is 24.1. The molecule has 0 unspecified atom stereocenters. The zero-order chi connectivity index (χ0) is 24.5. The molecule has 0 bridgehead atoms. The number of carbonyl (C=O) groups is 4. The molecule has 174 valence electrons. The lowest BCUT2D eigenvalue weighted by Crippen LogP contribution is -2.24. The average molecular weight is 462 g/mol. The number of anilines is 2. The van der Waals surface area contributed by atoms with E-state index in [0.717, 1.165) is 0 Å². The highest BCUT2D eigenvalue weighted by Gasteiger charge is 2.12. The molecular formula is C24H22N4O6. The van der Waals surface area contributed by atoms with Crippen molar-refractivity contribution < 1.29 is 29.4 Å². The Labute approximate surface area is 194 Å². The second-order valence-electron chi connectivity index (χ2n) is 6.98. The number of nitrogens with one attached hydrogen (secondary N) is 4. The second-order valence-corrected chi connectivity index (χ2v) is 6.98. The van der Waals surface area contributed by atoms with Gasteiger partial charge in [0, 0.05) is 33.6 Å². The van der Waals surface area contributed by atoms with Crippen LogP contribution >= 0.6 is 0 Å². The van der Waals surface area contributed by atoms with Crippen molar-refractivity contribution in [3.8, 4) is 0 Å². The van der Waals surface area contributed by atoms with Crippen molar-refractivity contribution in [3.63, 3.8) is 0 Å². The Balaban J connectivity index is 1.65. The Hall–Kier alpha value is -4.54. The minimum Gasteiger partial charge on any atom is -0.376 e. The SMILES string of the molecule is O=C(NCO)c1cccc(NC(=O)c2ccc(C(=O)Nc3cccc(C(=O)NCO)c3)cc2)c1. The number of hydrogen-bond donors (Lipinski definition) is 6. The third-order valence-corrected chi connectivity index (χ3v) is 4.65. The van der Waals surface area contributed by atoms with Crippen molar-refractivity contribution >= 4 is 35.0 Å². The van der Waals surface area contributed by atoms with Crippen molar-refractivity contribution in [3.05, 3.63) is 95.1 Å². The highest BCUT2D eigenvalue weighted by atomic mass is 16.3. The van der Waals surface area contributed by atoms with E-state index in [1.54, 1.807) is 36.4 Å². The summed E-state index contributed by atoms with van der Waals surface area (Å²) >= 11 is 0. The molecule has 0 heterocycles. The summed E-state index contributed by atoms with van der Waals surface area (Å²) in [6.07, 6.45) is 0. The van der Waals surface area contributed by atoms with Crippen molar-refractivity contribution in [1.29, 1.82) is 0 Å². The van der Waals surface area contributed by atoms with Crippen LogP contribution in [0.5, 0.6) is 0 Å². The van der Waals surface area contributed by atoms with Crippen LogP contribution in [0.25, 0.3) is 0 Å². The lowest BCUT2D eigenvalue weighted by atomic mass is 10.1. The maximum atomic E-state index is 12.5. The maximum absolute atomic E-state index is 12.5. The number of carbonyl (C=O) groups excluding carboxylic acids is 4. The summed E-state index contributed by atoms with van der Waals surface area (Å²) in [5.41, 5.74) is 1.92. The fourth-order valence-electron chi connectivity index (χ4n) is 3.00. The summed E-state index contributed by atoms with van der Waals surface area (Å²) in [5.74, 6) is -1.83. The molecule has 0 spiro atoms. The number of benzene rings is 3. The molecule has 34 heavy (non-hydrogen) atoms. The van der Waals surface area contributed by atoms with E-state index in [1.807, 2.05) is 0 Å². The van der Waals surface area contributed by atoms with Crippen LogP contribution in [0.4, 0.5) is 11.4 Å². The van der Waals surface area contributed by atoms with Gasteiger partial charge in [-0.15, -0.1) is 0 Å². The number of aliphatic hydroxyl groups is 2. The number of amides is 4. The molecule has 0 aromatic heterocycles. The third-order valence-electron chi connectivity index (χ3n) is 4.65. The molecule has 0 saturated carbocycles. The van der Waals surface area contributed by atoms with Crippen LogP contribution in [0, 0.1) is 0 Å². The fourth-order valence-corrected chi connectivity index (χ4v) is 3.00. The van der Waals surface area contributed by atoms with Crippen LogP contribution in [0.15, 0.2) is 72.8 Å². The van der Waals surface area contributed by atoms with E-state index in [1.165, 1.54) is 36.4 Å². The van der Waals surface area contributed by atoms with E-state index < -0.39 is 37.1 Å². The zero-order valence-corrected chi connectivity index (χ0v) is 17.9. The van der Waals surface area contributed by atoms with Gasteiger partial charge in [0.15, 0.2) is 0 Å². The second kappa shape index (κ2) is 11.4. The van der Waals surface area contributed by atoms with Gasteiger partial charge in [0.25, 0.3) is 23.6 Å². The summed E-state index contributed by atoms with van der Waals surface area (Å²) < 4.78 is 0. The van der Waals surface area contributed by atoms with E-state index in [2.05, 4.69) is 21.3 Å². The van der Waals surface area contributed by atoms with Gasteiger partial charge in [-0.1, -0.05) is 12.1 Å². The molecule has 3 rings (SSSR count). The van der Waals surface area contributed by atoms with Crippen LogP contribution in [0.1, 0.15) is 41.4 Å². The molecule has 4 amide bonds. The molecule has 10 nitrogen and oxygen atoms in total. The Morgan fingerprint density at radius 2 is 0.912 bits per heavy atom. The van der Waals surface area contributed by atoms with Crippen molar-refractivity contribution in [2.45, 2.75) is 0 Å². The molecule has 3 aromatic carbocycles. The van der Waals surface area contributed by atoms with E-state index in [-0.39, 0.29) is 11.1 Å². The fraction of sp³-hybridized carbons (Fsp3) is 0.0833. The summed E-state index contributed by atoms with van der Waals surface area (Å²) in [7, 11) is 0. The number of aliphatic hydroxyl groups excluding tert-OH is 2. The van der Waals surface area contributed by atoms with Gasteiger partial charge in [0.05, 0.1) is 0 Å². The van der Waals surface area contributed by atoms with Gasteiger partial charge in [-0.25, -0.2) is 0 Å². The van der Waals surface area contributed by atoms with Gasteiger partial charge < -0.3 is 31.5 Å². The molecule has 0 aliphatic rings. The molecule has 3 aromatic rings. The molecule has 6 N–H and O–H groups in total. The lowest BCUT2D eigenvalue weighted by Gasteiger charge is -2.09. The Morgan fingerprint density at radius 1 is 0.529 bits per heavy atom. The Kier molecular flexibility index (Phi) is 8.06. The first-order chi connectivity index (χ1) is 16.4. The van der Waals surface area contributed by atoms with Crippen molar-refractivity contribution in [2.24, 2.45) is 0 Å². The zero-order valence-electron chi connectivity index (χ0n) is 17.9. The summed E-state index contributed by atoms with van der Waals surface area (Å²) in [6, 6.07) is 18.4. The van der Waals surface area contributed by atoms with E-state index in [4.69, 9.17) is 10.2 Å². The predicted molar refractivity (Wildman–Crippen MR) is 124 cm³/mol. The van der Waals surface area contributed by atoms with Gasteiger partial charge in [0.1, 0.15) is 13.5 Å². The number of rotatable bonds is 8. The molecule has 0 fully saturated rings. The highest BCUT2D eigenvalue weighted by molar-refractivity contribution is 6.08. The average Bonchev–Trinajstić information content (AvgIpc) is 2.84. The molecule has 0 atom stereocenters. The standard InChI is InChI=1S/C24H22N4O6/c29-13-25-21(31)17-3-1-5-19(11-17)27-23(33)15-7-9-16(10-8-15)24(34)28-20-6-2-4-18(12-20)22(32)26-14-30/h1-12,29-30H,13-14H2,(H,25,31)(H,26,32)(H,27,33)(H,28,34). The molecule has 0 aliphatic carbocycles. The first-order valence-electron chi connectivity index (χ1n) is 10.1. The minimum atomic E-state index is -0.500. The van der Waals surface area contributed by atoms with Gasteiger partial charge in [-0.3, -0.25) is 19.2 Å². The van der Waals surface area contributed by atoms with Crippen molar-refractivity contribution in [1.82, 2.24) is 10.6 Å². The normalized spacial score (nSPS) is 10.2. The topological polar surface area (TPSA) is 157 Å². The van der Waals surface area contributed by atoms with Crippen LogP contribution in [-0.2, 0) is 0 Å². The molecule has 0 radical (unpaired) electrons. The quantitative estimate of drug-likeness (QED) is 0.279.